The number of fused-ring (bicyclic) bond motifs is 2. The number of para-hydroxylation sites is 1. The van der Waals surface area contributed by atoms with E-state index in [1.807, 2.05) is 6.07 Å². The fraction of sp³-hybridized carbons (Fsp3) is 0.462. The first-order valence-electron chi connectivity index (χ1n) is 6.40. The van der Waals surface area contributed by atoms with Gasteiger partial charge < -0.3 is 25.4 Å². The van der Waals surface area contributed by atoms with Gasteiger partial charge in [0, 0.05) is 5.69 Å². The van der Waals surface area contributed by atoms with Crippen molar-refractivity contribution >= 4 is 11.7 Å². The Balaban J connectivity index is 1.78. The Kier molecular flexibility index (Phi) is 3.35. The number of nitrogens with zero attached hydrogens (tertiary/aromatic N) is 1. The summed E-state index contributed by atoms with van der Waals surface area (Å²) in [6, 6.07) is 7.71. The van der Waals surface area contributed by atoms with Crippen LogP contribution in [0.4, 0.5) is 10.5 Å². The quantitative estimate of drug-likeness (QED) is 0.547. The van der Waals surface area contributed by atoms with Crippen molar-refractivity contribution in [3.8, 4) is 0 Å². The van der Waals surface area contributed by atoms with E-state index < -0.39 is 36.6 Å². The normalized spacial score (nSPS) is 36.0. The fourth-order valence-corrected chi connectivity index (χ4v) is 2.65. The predicted octanol–water partition coefficient (Wildman–Crippen LogP) is -0.658. The van der Waals surface area contributed by atoms with Crippen molar-refractivity contribution in [1.82, 2.24) is 4.90 Å². The molecule has 2 fully saturated rings. The van der Waals surface area contributed by atoms with Gasteiger partial charge in [0.2, 0.25) is 0 Å². The van der Waals surface area contributed by atoms with Gasteiger partial charge in [-0.05, 0) is 12.1 Å². The van der Waals surface area contributed by atoms with Crippen LogP contribution in [0.5, 0.6) is 0 Å². The third-order valence-electron chi connectivity index (χ3n) is 3.71. The zero-order valence-electron chi connectivity index (χ0n) is 10.6. The van der Waals surface area contributed by atoms with Crippen LogP contribution in [0.15, 0.2) is 30.3 Å². The molecule has 7 nitrogen and oxygen atoms in total. The number of carbonyl (C=O) groups is 1. The number of hydrogen-bond donors (Lipinski definition) is 4. The second kappa shape index (κ2) is 5.02. The molecule has 0 radical (unpaired) electrons. The Morgan fingerprint density at radius 3 is 2.55 bits per heavy atom. The average Bonchev–Trinajstić information content (AvgIpc) is 2.86. The second-order valence-electron chi connectivity index (χ2n) is 4.97. The van der Waals surface area contributed by atoms with E-state index in [2.05, 4.69) is 5.32 Å². The van der Waals surface area contributed by atoms with E-state index in [-0.39, 0.29) is 6.61 Å². The van der Waals surface area contributed by atoms with Crippen molar-refractivity contribution in [1.29, 1.82) is 0 Å². The van der Waals surface area contributed by atoms with Crippen molar-refractivity contribution in [2.45, 2.75) is 30.6 Å². The molecular formula is C13H16N2O5. The largest absolute Gasteiger partial charge is 0.388 e. The highest BCUT2D eigenvalue weighted by atomic mass is 16.5. The van der Waals surface area contributed by atoms with Crippen LogP contribution in [0.2, 0.25) is 0 Å². The SMILES string of the molecule is O=C(Nc1ccccc1)N1[C@@H]2OC[C@H]1[C@@H](O)[C@H](O)[C@H]2O. The summed E-state index contributed by atoms with van der Waals surface area (Å²) >= 11 is 0. The van der Waals surface area contributed by atoms with Gasteiger partial charge in [0.15, 0.2) is 6.23 Å². The van der Waals surface area contributed by atoms with Gasteiger partial charge in [-0.15, -0.1) is 0 Å². The third-order valence-corrected chi connectivity index (χ3v) is 3.71. The molecule has 2 amide bonds. The lowest BCUT2D eigenvalue weighted by molar-refractivity contribution is -0.158. The number of ether oxygens (including phenoxy) is 1. The van der Waals surface area contributed by atoms with Crippen LogP contribution in [0.1, 0.15) is 0 Å². The maximum atomic E-state index is 12.3. The standard InChI is InChI=1S/C13H16N2O5/c16-9-8-6-20-12(11(18)10(9)17)15(8)13(19)14-7-4-2-1-3-5-7/h1-5,8-12,16-18H,6H2,(H,14,19)/t8-,9+,10-,11+,12+/m0/s1. The molecule has 2 saturated heterocycles. The molecule has 0 spiro atoms. The number of nitrogens with one attached hydrogen (secondary N) is 1. The lowest BCUT2D eigenvalue weighted by Gasteiger charge is -2.41. The van der Waals surface area contributed by atoms with Gasteiger partial charge in [0.25, 0.3) is 0 Å². The Bertz CT molecular complexity index is 479. The van der Waals surface area contributed by atoms with Gasteiger partial charge in [-0.1, -0.05) is 18.2 Å². The smallest absolute Gasteiger partial charge is 0.324 e. The van der Waals surface area contributed by atoms with Crippen molar-refractivity contribution in [3.63, 3.8) is 0 Å². The second-order valence-corrected chi connectivity index (χ2v) is 4.97. The molecule has 7 heteroatoms. The Hall–Kier alpha value is -1.67. The minimum atomic E-state index is -1.33. The van der Waals surface area contributed by atoms with Crippen LogP contribution < -0.4 is 5.32 Å². The predicted molar refractivity (Wildman–Crippen MR) is 68.8 cm³/mol. The third kappa shape index (κ3) is 2.04. The zero-order valence-corrected chi connectivity index (χ0v) is 10.6. The number of aliphatic hydroxyl groups is 3. The number of aliphatic hydroxyl groups excluding tert-OH is 3. The maximum absolute atomic E-state index is 12.3. The summed E-state index contributed by atoms with van der Waals surface area (Å²) in [5.41, 5.74) is 0.604. The summed E-state index contributed by atoms with van der Waals surface area (Å²) in [5, 5.41) is 32.1. The first-order valence-corrected chi connectivity index (χ1v) is 6.40. The number of anilines is 1. The summed E-state index contributed by atoms with van der Waals surface area (Å²) in [6.07, 6.45) is -4.81. The number of piperidine rings is 1. The average molecular weight is 280 g/mol. The molecular weight excluding hydrogens is 264 g/mol. The van der Waals surface area contributed by atoms with Crippen molar-refractivity contribution in [2.75, 3.05) is 11.9 Å². The van der Waals surface area contributed by atoms with Crippen LogP contribution >= 0.6 is 0 Å². The van der Waals surface area contributed by atoms with Gasteiger partial charge in [-0.3, -0.25) is 4.90 Å². The molecule has 2 aliphatic heterocycles. The molecule has 0 saturated carbocycles. The van der Waals surface area contributed by atoms with Crippen LogP contribution in [0, 0.1) is 0 Å². The van der Waals surface area contributed by atoms with E-state index >= 15 is 0 Å². The Morgan fingerprint density at radius 1 is 1.15 bits per heavy atom. The summed E-state index contributed by atoms with van der Waals surface area (Å²) < 4.78 is 5.30. The van der Waals surface area contributed by atoms with Crippen molar-refractivity contribution < 1.29 is 24.9 Å². The van der Waals surface area contributed by atoms with Crippen LogP contribution in [-0.4, -0.2) is 63.4 Å². The molecule has 0 unspecified atom stereocenters. The lowest BCUT2D eigenvalue weighted by atomic mass is 9.95. The molecule has 20 heavy (non-hydrogen) atoms. The summed E-state index contributed by atoms with van der Waals surface area (Å²) in [6.45, 7) is 0.0855. The first kappa shape index (κ1) is 13.3. The fourth-order valence-electron chi connectivity index (χ4n) is 2.65. The molecule has 0 aliphatic carbocycles. The van der Waals surface area contributed by atoms with Crippen LogP contribution in [0.3, 0.4) is 0 Å². The maximum Gasteiger partial charge on any atom is 0.324 e. The highest BCUT2D eigenvalue weighted by Gasteiger charge is 2.54. The van der Waals surface area contributed by atoms with E-state index in [1.165, 1.54) is 4.90 Å². The Labute approximate surface area is 115 Å². The number of hydrogen-bond acceptors (Lipinski definition) is 5. The van der Waals surface area contributed by atoms with Gasteiger partial charge in [-0.2, -0.15) is 0 Å². The number of benzene rings is 1. The van der Waals surface area contributed by atoms with Gasteiger partial charge in [-0.25, -0.2) is 4.79 Å². The molecule has 1 aromatic carbocycles. The van der Waals surface area contributed by atoms with Gasteiger partial charge >= 0.3 is 6.03 Å². The topological polar surface area (TPSA) is 102 Å². The zero-order chi connectivity index (χ0) is 14.3. The minimum absolute atomic E-state index is 0.0855. The monoisotopic (exact) mass is 280 g/mol. The van der Waals surface area contributed by atoms with Gasteiger partial charge in [0.1, 0.15) is 18.3 Å². The van der Waals surface area contributed by atoms with E-state index in [0.29, 0.717) is 5.69 Å². The van der Waals surface area contributed by atoms with E-state index in [4.69, 9.17) is 4.74 Å². The van der Waals surface area contributed by atoms with Gasteiger partial charge in [0.05, 0.1) is 12.6 Å². The molecule has 1 aromatic rings. The number of carbonyl (C=O) groups excluding carboxylic acids is 1. The molecule has 2 aliphatic rings. The van der Waals surface area contributed by atoms with Crippen LogP contribution in [-0.2, 0) is 4.74 Å². The van der Waals surface area contributed by atoms with Crippen LogP contribution in [0.25, 0.3) is 0 Å². The summed E-state index contributed by atoms with van der Waals surface area (Å²) in [4.78, 5) is 13.5. The molecule has 108 valence electrons. The van der Waals surface area contributed by atoms with E-state index in [0.717, 1.165) is 0 Å². The highest BCUT2D eigenvalue weighted by molar-refractivity contribution is 5.90. The summed E-state index contributed by atoms with van der Waals surface area (Å²) in [7, 11) is 0. The molecule has 3 rings (SSSR count). The molecule has 0 aromatic heterocycles. The molecule has 2 bridgehead atoms. The highest BCUT2D eigenvalue weighted by Crippen LogP contribution is 2.32. The number of amides is 2. The molecule has 4 N–H and O–H groups in total. The van der Waals surface area contributed by atoms with Crippen molar-refractivity contribution in [3.05, 3.63) is 30.3 Å². The number of urea groups is 1. The minimum Gasteiger partial charge on any atom is -0.388 e. The van der Waals surface area contributed by atoms with Crippen molar-refractivity contribution in [2.24, 2.45) is 0 Å². The first-order chi connectivity index (χ1) is 9.59. The molecule has 2 heterocycles. The molecule has 5 atom stereocenters. The summed E-state index contributed by atoms with van der Waals surface area (Å²) in [5.74, 6) is 0. The van der Waals surface area contributed by atoms with E-state index in [9.17, 15) is 20.1 Å². The lowest BCUT2D eigenvalue weighted by Crippen LogP contribution is -2.64. The van der Waals surface area contributed by atoms with E-state index in [1.54, 1.807) is 24.3 Å². The Morgan fingerprint density at radius 2 is 1.85 bits per heavy atom. The number of rotatable bonds is 1.